The van der Waals surface area contributed by atoms with Crippen molar-refractivity contribution in [3.63, 3.8) is 0 Å². The van der Waals surface area contributed by atoms with E-state index >= 15 is 0 Å². The van der Waals surface area contributed by atoms with Crippen LogP contribution in [0.5, 0.6) is 0 Å². The van der Waals surface area contributed by atoms with Crippen molar-refractivity contribution in [2.75, 3.05) is 12.3 Å². The molecule has 0 saturated carbocycles. The summed E-state index contributed by atoms with van der Waals surface area (Å²) in [6, 6.07) is 11.1. The van der Waals surface area contributed by atoms with Gasteiger partial charge in [-0.3, -0.25) is 4.79 Å². The second-order valence-electron chi connectivity index (χ2n) is 4.38. The molecule has 0 aliphatic carbocycles. The van der Waals surface area contributed by atoms with Crippen LogP contribution >= 0.6 is 0 Å². The number of Topliss-reactive ketones (excluding diaryl/α,β-unsaturated/α-hetero) is 1. The van der Waals surface area contributed by atoms with E-state index in [9.17, 15) is 4.79 Å². The molecule has 4 nitrogen and oxygen atoms in total. The Morgan fingerprint density at radius 1 is 1.16 bits per heavy atom. The first-order valence-electron chi connectivity index (χ1n) is 6.22. The highest BCUT2D eigenvalue weighted by Crippen LogP contribution is 2.13. The van der Waals surface area contributed by atoms with Gasteiger partial charge in [0.15, 0.2) is 5.78 Å². The molecule has 2 aromatic rings. The Morgan fingerprint density at radius 2 is 1.89 bits per heavy atom. The number of carbonyl (C=O) groups excluding carboxylic acids is 1. The molecule has 0 aliphatic heterocycles. The maximum atomic E-state index is 12.1. The van der Waals surface area contributed by atoms with Crippen LogP contribution in [0, 0.1) is 0 Å². The summed E-state index contributed by atoms with van der Waals surface area (Å²) in [6.45, 7) is 0.611. The van der Waals surface area contributed by atoms with Crippen LogP contribution in [0.15, 0.2) is 42.6 Å². The number of hydrogen-bond acceptors (Lipinski definition) is 4. The molecule has 1 heterocycles. The van der Waals surface area contributed by atoms with Crippen LogP contribution < -0.4 is 11.5 Å². The number of aromatic nitrogens is 1. The van der Waals surface area contributed by atoms with Crippen molar-refractivity contribution in [1.82, 2.24) is 4.98 Å². The third kappa shape index (κ3) is 3.39. The number of nitrogens with zero attached hydrogens (tertiary/aromatic N) is 1. The van der Waals surface area contributed by atoms with E-state index in [1.807, 2.05) is 30.3 Å². The predicted octanol–water partition coefficient (Wildman–Crippen LogP) is 1.59. The Labute approximate surface area is 112 Å². The average Bonchev–Trinajstić information content (AvgIpc) is 2.42. The van der Waals surface area contributed by atoms with Gasteiger partial charge >= 0.3 is 0 Å². The molecule has 1 aromatic heterocycles. The summed E-state index contributed by atoms with van der Waals surface area (Å²) in [5.74, 6) is 0.453. The summed E-state index contributed by atoms with van der Waals surface area (Å²) >= 11 is 0. The second kappa shape index (κ2) is 6.11. The molecule has 4 heteroatoms. The quantitative estimate of drug-likeness (QED) is 0.795. The highest BCUT2D eigenvalue weighted by Gasteiger charge is 2.09. The van der Waals surface area contributed by atoms with Gasteiger partial charge < -0.3 is 11.5 Å². The number of nitrogen functional groups attached to an aromatic ring is 1. The van der Waals surface area contributed by atoms with Gasteiger partial charge in [-0.05, 0) is 24.6 Å². The molecule has 0 saturated heterocycles. The largest absolute Gasteiger partial charge is 0.383 e. The summed E-state index contributed by atoms with van der Waals surface area (Å²) in [5.41, 5.74) is 13.8. The topological polar surface area (TPSA) is 82.0 Å². The molecule has 0 radical (unpaired) electrons. The number of carbonyl (C=O) groups is 1. The molecule has 0 unspecified atom stereocenters. The number of rotatable bonds is 5. The summed E-state index contributed by atoms with van der Waals surface area (Å²) in [4.78, 5) is 16.1. The van der Waals surface area contributed by atoms with Crippen molar-refractivity contribution < 1.29 is 4.79 Å². The number of pyridine rings is 1. The van der Waals surface area contributed by atoms with Gasteiger partial charge in [0, 0.05) is 23.7 Å². The SMILES string of the molecule is NCCc1ccc(C(=O)Cc2cccnc2N)cc1. The minimum absolute atomic E-state index is 0.0407. The molecule has 19 heavy (non-hydrogen) atoms. The average molecular weight is 255 g/mol. The summed E-state index contributed by atoms with van der Waals surface area (Å²) < 4.78 is 0. The fourth-order valence-corrected chi connectivity index (χ4v) is 1.90. The number of anilines is 1. The van der Waals surface area contributed by atoms with E-state index in [1.165, 1.54) is 0 Å². The van der Waals surface area contributed by atoms with Gasteiger partial charge in [-0.25, -0.2) is 4.98 Å². The molecular formula is C15H17N3O. The van der Waals surface area contributed by atoms with Crippen molar-refractivity contribution in [3.05, 3.63) is 59.3 Å². The number of ketones is 1. The maximum Gasteiger partial charge on any atom is 0.167 e. The summed E-state index contributed by atoms with van der Waals surface area (Å²) in [7, 11) is 0. The fraction of sp³-hybridized carbons (Fsp3) is 0.200. The standard InChI is InChI=1S/C15H17N3O/c16-8-7-11-3-5-12(6-4-11)14(19)10-13-2-1-9-18-15(13)17/h1-6,9H,7-8,10,16H2,(H2,17,18). The van der Waals surface area contributed by atoms with Crippen molar-refractivity contribution in [2.24, 2.45) is 5.73 Å². The smallest absolute Gasteiger partial charge is 0.167 e. The van der Waals surface area contributed by atoms with E-state index < -0.39 is 0 Å². The van der Waals surface area contributed by atoms with Gasteiger partial charge in [0.05, 0.1) is 0 Å². The minimum Gasteiger partial charge on any atom is -0.383 e. The first-order valence-corrected chi connectivity index (χ1v) is 6.22. The van der Waals surface area contributed by atoms with Gasteiger partial charge in [0.2, 0.25) is 0 Å². The van der Waals surface area contributed by atoms with E-state index in [1.54, 1.807) is 12.3 Å². The molecule has 0 fully saturated rings. The minimum atomic E-state index is 0.0407. The summed E-state index contributed by atoms with van der Waals surface area (Å²) in [6.07, 6.45) is 2.71. The third-order valence-electron chi connectivity index (χ3n) is 2.99. The molecule has 0 bridgehead atoms. The van der Waals surface area contributed by atoms with Gasteiger partial charge in [0.25, 0.3) is 0 Å². The van der Waals surface area contributed by atoms with Gasteiger partial charge in [-0.15, -0.1) is 0 Å². The van der Waals surface area contributed by atoms with Crippen LogP contribution in [0.2, 0.25) is 0 Å². The molecule has 4 N–H and O–H groups in total. The van der Waals surface area contributed by atoms with E-state index in [0.29, 0.717) is 17.9 Å². The number of nitrogens with two attached hydrogens (primary N) is 2. The molecule has 0 amide bonds. The van der Waals surface area contributed by atoms with E-state index in [-0.39, 0.29) is 12.2 Å². The van der Waals surface area contributed by atoms with Crippen LogP contribution in [0.4, 0.5) is 5.82 Å². The number of hydrogen-bond donors (Lipinski definition) is 2. The van der Waals surface area contributed by atoms with E-state index in [0.717, 1.165) is 17.5 Å². The second-order valence-corrected chi connectivity index (χ2v) is 4.38. The van der Waals surface area contributed by atoms with Crippen LogP contribution in [0.3, 0.4) is 0 Å². The molecule has 0 spiro atoms. The lowest BCUT2D eigenvalue weighted by Crippen LogP contribution is -2.07. The number of benzene rings is 1. The highest BCUT2D eigenvalue weighted by molar-refractivity contribution is 5.98. The Kier molecular flexibility index (Phi) is 4.26. The monoisotopic (exact) mass is 255 g/mol. The first kappa shape index (κ1) is 13.2. The highest BCUT2D eigenvalue weighted by atomic mass is 16.1. The van der Waals surface area contributed by atoms with Crippen molar-refractivity contribution >= 4 is 11.6 Å². The van der Waals surface area contributed by atoms with E-state index in [2.05, 4.69) is 4.98 Å². The van der Waals surface area contributed by atoms with Crippen molar-refractivity contribution in [2.45, 2.75) is 12.8 Å². The molecule has 98 valence electrons. The molecule has 0 atom stereocenters. The van der Waals surface area contributed by atoms with Gasteiger partial charge in [0.1, 0.15) is 5.82 Å². The van der Waals surface area contributed by atoms with Gasteiger partial charge in [-0.2, -0.15) is 0 Å². The zero-order chi connectivity index (χ0) is 13.7. The maximum absolute atomic E-state index is 12.1. The Balaban J connectivity index is 2.10. The molecular weight excluding hydrogens is 238 g/mol. The Morgan fingerprint density at radius 3 is 2.53 bits per heavy atom. The van der Waals surface area contributed by atoms with Gasteiger partial charge in [-0.1, -0.05) is 30.3 Å². The van der Waals surface area contributed by atoms with Crippen molar-refractivity contribution in [1.29, 1.82) is 0 Å². The molecule has 0 aliphatic rings. The zero-order valence-electron chi connectivity index (χ0n) is 10.7. The Bertz CT molecular complexity index is 564. The lowest BCUT2D eigenvalue weighted by atomic mass is 10.0. The van der Waals surface area contributed by atoms with Crippen LogP contribution in [0.1, 0.15) is 21.5 Å². The first-order chi connectivity index (χ1) is 9.20. The van der Waals surface area contributed by atoms with Crippen LogP contribution in [0.25, 0.3) is 0 Å². The lowest BCUT2D eigenvalue weighted by molar-refractivity contribution is 0.0993. The zero-order valence-corrected chi connectivity index (χ0v) is 10.7. The summed E-state index contributed by atoms with van der Waals surface area (Å²) in [5, 5.41) is 0. The normalized spacial score (nSPS) is 10.4. The molecule has 1 aromatic carbocycles. The van der Waals surface area contributed by atoms with E-state index in [4.69, 9.17) is 11.5 Å². The molecule has 2 rings (SSSR count). The lowest BCUT2D eigenvalue weighted by Gasteiger charge is -2.05. The fourth-order valence-electron chi connectivity index (χ4n) is 1.90. The third-order valence-corrected chi connectivity index (χ3v) is 2.99. The predicted molar refractivity (Wildman–Crippen MR) is 75.9 cm³/mol. The van der Waals surface area contributed by atoms with Crippen LogP contribution in [-0.2, 0) is 12.8 Å². The van der Waals surface area contributed by atoms with Crippen LogP contribution in [-0.4, -0.2) is 17.3 Å². The Hall–Kier alpha value is -2.20. The van der Waals surface area contributed by atoms with Crippen molar-refractivity contribution in [3.8, 4) is 0 Å².